The summed E-state index contributed by atoms with van der Waals surface area (Å²) in [6, 6.07) is 6.44. The standard InChI is InChI=1S/C14H23N3/c1-13(14-7-3-4-8-16-14)15-9-12-17-10-5-2-6-11-17/h3-4,7-8,13,15H,2,5-6,9-12H2,1H3. The van der Waals surface area contributed by atoms with E-state index < -0.39 is 0 Å². The summed E-state index contributed by atoms with van der Waals surface area (Å²) in [6.45, 7) is 6.95. The van der Waals surface area contributed by atoms with Crippen molar-refractivity contribution in [3.63, 3.8) is 0 Å². The minimum atomic E-state index is 0.348. The van der Waals surface area contributed by atoms with E-state index in [1.165, 1.54) is 32.4 Å². The molecule has 0 radical (unpaired) electrons. The van der Waals surface area contributed by atoms with E-state index >= 15 is 0 Å². The maximum absolute atomic E-state index is 4.37. The summed E-state index contributed by atoms with van der Waals surface area (Å²) in [7, 11) is 0. The zero-order chi connectivity index (χ0) is 11.9. The number of hydrogen-bond donors (Lipinski definition) is 1. The van der Waals surface area contributed by atoms with Gasteiger partial charge in [-0.15, -0.1) is 0 Å². The van der Waals surface area contributed by atoms with E-state index in [0.29, 0.717) is 6.04 Å². The molecule has 0 spiro atoms. The molecule has 1 saturated heterocycles. The number of nitrogens with zero attached hydrogens (tertiary/aromatic N) is 2. The van der Waals surface area contributed by atoms with Crippen LogP contribution in [0.3, 0.4) is 0 Å². The molecule has 1 aliphatic heterocycles. The van der Waals surface area contributed by atoms with Crippen molar-refractivity contribution >= 4 is 0 Å². The molecule has 0 aromatic carbocycles. The summed E-state index contributed by atoms with van der Waals surface area (Å²) < 4.78 is 0. The lowest BCUT2D eigenvalue weighted by Gasteiger charge is -2.27. The van der Waals surface area contributed by atoms with Crippen LogP contribution in [0.4, 0.5) is 0 Å². The number of aromatic nitrogens is 1. The van der Waals surface area contributed by atoms with Crippen LogP contribution in [0, 0.1) is 0 Å². The Morgan fingerprint density at radius 2 is 2.12 bits per heavy atom. The first-order valence-electron chi connectivity index (χ1n) is 6.73. The van der Waals surface area contributed by atoms with Gasteiger partial charge in [-0.05, 0) is 45.0 Å². The molecule has 0 bridgehead atoms. The van der Waals surface area contributed by atoms with Gasteiger partial charge in [-0.25, -0.2) is 0 Å². The van der Waals surface area contributed by atoms with E-state index in [0.717, 1.165) is 18.8 Å². The van der Waals surface area contributed by atoms with Crippen molar-refractivity contribution in [2.24, 2.45) is 0 Å². The van der Waals surface area contributed by atoms with Crippen molar-refractivity contribution in [3.8, 4) is 0 Å². The van der Waals surface area contributed by atoms with Gasteiger partial charge in [0.15, 0.2) is 0 Å². The molecule has 0 saturated carbocycles. The highest BCUT2D eigenvalue weighted by atomic mass is 15.1. The topological polar surface area (TPSA) is 28.2 Å². The van der Waals surface area contributed by atoms with Crippen LogP contribution in [0.5, 0.6) is 0 Å². The first kappa shape index (κ1) is 12.5. The third kappa shape index (κ3) is 4.10. The lowest BCUT2D eigenvalue weighted by Crippen LogP contribution is -2.36. The van der Waals surface area contributed by atoms with Gasteiger partial charge in [0.1, 0.15) is 0 Å². The Morgan fingerprint density at radius 1 is 1.29 bits per heavy atom. The average molecular weight is 233 g/mol. The molecule has 2 rings (SSSR count). The van der Waals surface area contributed by atoms with Crippen LogP contribution in [-0.4, -0.2) is 36.1 Å². The molecular formula is C14H23N3. The first-order chi connectivity index (χ1) is 8.36. The van der Waals surface area contributed by atoms with Gasteiger partial charge in [-0.3, -0.25) is 4.98 Å². The molecule has 1 aliphatic rings. The first-order valence-corrected chi connectivity index (χ1v) is 6.73. The summed E-state index contributed by atoms with van der Waals surface area (Å²) in [6.07, 6.45) is 6.01. The van der Waals surface area contributed by atoms with Crippen molar-refractivity contribution in [1.29, 1.82) is 0 Å². The van der Waals surface area contributed by atoms with Crippen molar-refractivity contribution in [2.45, 2.75) is 32.2 Å². The molecular weight excluding hydrogens is 210 g/mol. The maximum Gasteiger partial charge on any atom is 0.0570 e. The summed E-state index contributed by atoms with van der Waals surface area (Å²) in [5, 5.41) is 3.54. The van der Waals surface area contributed by atoms with Gasteiger partial charge in [-0.1, -0.05) is 12.5 Å². The van der Waals surface area contributed by atoms with Gasteiger partial charge in [0, 0.05) is 25.3 Å². The highest BCUT2D eigenvalue weighted by molar-refractivity contribution is 5.07. The zero-order valence-electron chi connectivity index (χ0n) is 10.7. The van der Waals surface area contributed by atoms with E-state index in [1.54, 1.807) is 0 Å². The second-order valence-electron chi connectivity index (χ2n) is 4.83. The van der Waals surface area contributed by atoms with Crippen molar-refractivity contribution < 1.29 is 0 Å². The molecule has 3 heteroatoms. The van der Waals surface area contributed by atoms with E-state index in [2.05, 4.69) is 28.2 Å². The molecule has 0 aliphatic carbocycles. The zero-order valence-corrected chi connectivity index (χ0v) is 10.7. The molecule has 3 nitrogen and oxygen atoms in total. The highest BCUT2D eigenvalue weighted by Gasteiger charge is 2.10. The summed E-state index contributed by atoms with van der Waals surface area (Å²) >= 11 is 0. The molecule has 1 aromatic rings. The van der Waals surface area contributed by atoms with Crippen LogP contribution >= 0.6 is 0 Å². The Balaban J connectivity index is 1.67. The van der Waals surface area contributed by atoms with E-state index in [1.807, 2.05) is 18.3 Å². The minimum Gasteiger partial charge on any atom is -0.308 e. The highest BCUT2D eigenvalue weighted by Crippen LogP contribution is 2.09. The predicted octanol–water partition coefficient (Wildman–Crippen LogP) is 2.22. The van der Waals surface area contributed by atoms with E-state index in [-0.39, 0.29) is 0 Å². The molecule has 0 amide bonds. The average Bonchev–Trinajstić information content (AvgIpc) is 2.41. The van der Waals surface area contributed by atoms with Crippen LogP contribution in [0.2, 0.25) is 0 Å². The molecule has 94 valence electrons. The monoisotopic (exact) mass is 233 g/mol. The molecule has 1 aromatic heterocycles. The third-order valence-electron chi connectivity index (χ3n) is 3.46. The Hall–Kier alpha value is -0.930. The SMILES string of the molecule is CC(NCCN1CCCCC1)c1ccccn1. The molecule has 1 atom stereocenters. The summed E-state index contributed by atoms with van der Waals surface area (Å²) in [5.74, 6) is 0. The van der Waals surface area contributed by atoms with Crippen LogP contribution in [0.15, 0.2) is 24.4 Å². The Kier molecular flexibility index (Phi) is 4.95. The van der Waals surface area contributed by atoms with Gasteiger partial charge in [0.25, 0.3) is 0 Å². The van der Waals surface area contributed by atoms with Gasteiger partial charge in [-0.2, -0.15) is 0 Å². The lowest BCUT2D eigenvalue weighted by atomic mass is 10.1. The molecule has 1 unspecified atom stereocenters. The molecule has 1 fully saturated rings. The number of piperidine rings is 1. The van der Waals surface area contributed by atoms with Gasteiger partial charge < -0.3 is 10.2 Å². The van der Waals surface area contributed by atoms with Crippen LogP contribution in [-0.2, 0) is 0 Å². The summed E-state index contributed by atoms with van der Waals surface area (Å²) in [4.78, 5) is 6.93. The number of hydrogen-bond acceptors (Lipinski definition) is 3. The van der Waals surface area contributed by atoms with E-state index in [9.17, 15) is 0 Å². The van der Waals surface area contributed by atoms with Crippen molar-refractivity contribution in [3.05, 3.63) is 30.1 Å². The number of pyridine rings is 1. The third-order valence-corrected chi connectivity index (χ3v) is 3.46. The normalized spacial score (nSPS) is 19.1. The van der Waals surface area contributed by atoms with Crippen LogP contribution in [0.25, 0.3) is 0 Å². The van der Waals surface area contributed by atoms with Gasteiger partial charge in [0.05, 0.1) is 5.69 Å². The minimum absolute atomic E-state index is 0.348. The van der Waals surface area contributed by atoms with Crippen molar-refractivity contribution in [2.75, 3.05) is 26.2 Å². The number of nitrogens with one attached hydrogen (secondary N) is 1. The Morgan fingerprint density at radius 3 is 2.82 bits per heavy atom. The fraction of sp³-hybridized carbons (Fsp3) is 0.643. The maximum atomic E-state index is 4.37. The van der Waals surface area contributed by atoms with Gasteiger partial charge >= 0.3 is 0 Å². The van der Waals surface area contributed by atoms with Gasteiger partial charge in [0.2, 0.25) is 0 Å². The lowest BCUT2D eigenvalue weighted by molar-refractivity contribution is 0.226. The molecule has 2 heterocycles. The number of likely N-dealkylation sites (tertiary alicyclic amines) is 1. The molecule has 1 N–H and O–H groups in total. The second kappa shape index (κ2) is 6.72. The second-order valence-corrected chi connectivity index (χ2v) is 4.83. The van der Waals surface area contributed by atoms with Crippen LogP contribution in [0.1, 0.15) is 37.9 Å². The quantitative estimate of drug-likeness (QED) is 0.845. The van der Waals surface area contributed by atoms with Crippen molar-refractivity contribution in [1.82, 2.24) is 15.2 Å². The number of rotatable bonds is 5. The van der Waals surface area contributed by atoms with Crippen LogP contribution < -0.4 is 5.32 Å². The summed E-state index contributed by atoms with van der Waals surface area (Å²) in [5.41, 5.74) is 1.13. The smallest absolute Gasteiger partial charge is 0.0570 e. The fourth-order valence-corrected chi connectivity index (χ4v) is 2.36. The fourth-order valence-electron chi connectivity index (χ4n) is 2.36. The Labute approximate surface area is 104 Å². The molecule has 17 heavy (non-hydrogen) atoms. The largest absolute Gasteiger partial charge is 0.308 e. The van der Waals surface area contributed by atoms with E-state index in [4.69, 9.17) is 0 Å². The predicted molar refractivity (Wildman–Crippen MR) is 70.9 cm³/mol. The Bertz CT molecular complexity index is 307.